The monoisotopic (exact) mass is 252 g/mol. The van der Waals surface area contributed by atoms with Gasteiger partial charge in [-0.05, 0) is 30.2 Å². The van der Waals surface area contributed by atoms with Gasteiger partial charge in [0.15, 0.2) is 0 Å². The zero-order valence-corrected chi connectivity index (χ0v) is 11.3. The molecule has 0 atom stereocenters. The molecule has 0 aliphatic heterocycles. The van der Waals surface area contributed by atoms with Crippen LogP contribution < -0.4 is 0 Å². The molecule has 0 spiro atoms. The quantitative estimate of drug-likeness (QED) is 0.703. The van der Waals surface area contributed by atoms with Gasteiger partial charge in [0.2, 0.25) is 0 Å². The van der Waals surface area contributed by atoms with E-state index in [1.807, 2.05) is 30.1 Å². The second-order valence-electron chi connectivity index (χ2n) is 4.97. The fraction of sp³-hybridized carbons (Fsp3) is 0.267. The van der Waals surface area contributed by atoms with Gasteiger partial charge in [-0.2, -0.15) is 5.10 Å². The Balaban J connectivity index is 2.27. The van der Waals surface area contributed by atoms with E-state index in [2.05, 4.69) is 36.1 Å². The van der Waals surface area contributed by atoms with E-state index in [0.29, 0.717) is 5.92 Å². The lowest BCUT2D eigenvalue weighted by Crippen LogP contribution is -1.93. The number of hydrogen-bond donors (Lipinski definition) is 0. The van der Waals surface area contributed by atoms with Crippen molar-refractivity contribution in [3.8, 4) is 11.3 Å². The summed E-state index contributed by atoms with van der Waals surface area (Å²) in [5.41, 5.74) is 4.98. The standard InChI is InChI=1S/C15H16N4/c1-10(2)12-6-7-13-15(17-12)14(18-19(13)3)11-5-4-8-16-9-11/h4-10H,1-3H3. The molecule has 0 aliphatic rings. The average Bonchev–Trinajstić information content (AvgIpc) is 2.77. The molecule has 0 fully saturated rings. The molecule has 0 bridgehead atoms. The van der Waals surface area contributed by atoms with Crippen molar-refractivity contribution < 1.29 is 0 Å². The van der Waals surface area contributed by atoms with E-state index in [-0.39, 0.29) is 0 Å². The van der Waals surface area contributed by atoms with Crippen LogP contribution in [0, 0.1) is 0 Å². The smallest absolute Gasteiger partial charge is 0.120 e. The first kappa shape index (κ1) is 11.8. The largest absolute Gasteiger partial charge is 0.266 e. The van der Waals surface area contributed by atoms with Gasteiger partial charge in [0.25, 0.3) is 0 Å². The number of pyridine rings is 2. The number of hydrogen-bond acceptors (Lipinski definition) is 3. The van der Waals surface area contributed by atoms with Crippen LogP contribution in [0.3, 0.4) is 0 Å². The molecule has 0 unspecified atom stereocenters. The fourth-order valence-electron chi connectivity index (χ4n) is 2.17. The van der Waals surface area contributed by atoms with Crippen LogP contribution in [0.2, 0.25) is 0 Å². The molecule has 96 valence electrons. The van der Waals surface area contributed by atoms with Gasteiger partial charge in [0, 0.05) is 30.7 Å². The molecule has 3 rings (SSSR count). The zero-order valence-electron chi connectivity index (χ0n) is 11.3. The van der Waals surface area contributed by atoms with Crippen LogP contribution in [0.15, 0.2) is 36.7 Å². The highest BCUT2D eigenvalue weighted by molar-refractivity contribution is 5.89. The molecule has 0 aliphatic carbocycles. The summed E-state index contributed by atoms with van der Waals surface area (Å²) in [6.45, 7) is 4.29. The normalized spacial score (nSPS) is 11.4. The van der Waals surface area contributed by atoms with Crippen molar-refractivity contribution in [3.63, 3.8) is 0 Å². The first-order valence-corrected chi connectivity index (χ1v) is 6.41. The summed E-state index contributed by atoms with van der Waals surface area (Å²) in [4.78, 5) is 8.92. The van der Waals surface area contributed by atoms with Crippen molar-refractivity contribution in [3.05, 3.63) is 42.4 Å². The first-order valence-electron chi connectivity index (χ1n) is 6.41. The summed E-state index contributed by atoms with van der Waals surface area (Å²) in [6, 6.07) is 8.09. The first-order chi connectivity index (χ1) is 9.16. The van der Waals surface area contributed by atoms with E-state index >= 15 is 0 Å². The zero-order chi connectivity index (χ0) is 13.4. The van der Waals surface area contributed by atoms with Crippen LogP contribution in [0.5, 0.6) is 0 Å². The molecule has 0 amide bonds. The minimum Gasteiger partial charge on any atom is -0.266 e. The van der Waals surface area contributed by atoms with E-state index in [0.717, 1.165) is 28.0 Å². The molecule has 0 saturated carbocycles. The van der Waals surface area contributed by atoms with Gasteiger partial charge in [-0.3, -0.25) is 9.67 Å². The van der Waals surface area contributed by atoms with Gasteiger partial charge in [-0.25, -0.2) is 4.98 Å². The molecule has 3 aromatic heterocycles. The van der Waals surface area contributed by atoms with Crippen molar-refractivity contribution in [1.29, 1.82) is 0 Å². The van der Waals surface area contributed by atoms with Crippen LogP contribution in [0.25, 0.3) is 22.3 Å². The minimum absolute atomic E-state index is 0.409. The van der Waals surface area contributed by atoms with Crippen molar-refractivity contribution in [2.45, 2.75) is 19.8 Å². The summed E-state index contributed by atoms with van der Waals surface area (Å²) in [7, 11) is 1.94. The van der Waals surface area contributed by atoms with Crippen LogP contribution in [-0.4, -0.2) is 19.7 Å². The Hall–Kier alpha value is -2.23. The molecule has 19 heavy (non-hydrogen) atoms. The number of aryl methyl sites for hydroxylation is 1. The van der Waals surface area contributed by atoms with Crippen molar-refractivity contribution in [2.24, 2.45) is 7.05 Å². The van der Waals surface area contributed by atoms with Gasteiger partial charge in [-0.15, -0.1) is 0 Å². The van der Waals surface area contributed by atoms with E-state index in [4.69, 9.17) is 4.98 Å². The number of rotatable bonds is 2. The second-order valence-corrected chi connectivity index (χ2v) is 4.97. The third-order valence-corrected chi connectivity index (χ3v) is 3.24. The summed E-state index contributed by atoms with van der Waals surface area (Å²) >= 11 is 0. The second kappa shape index (κ2) is 4.46. The molecule has 0 saturated heterocycles. The third-order valence-electron chi connectivity index (χ3n) is 3.24. The summed E-state index contributed by atoms with van der Waals surface area (Å²) in [5, 5.41) is 4.57. The predicted molar refractivity (Wildman–Crippen MR) is 75.8 cm³/mol. The lowest BCUT2D eigenvalue weighted by molar-refractivity contribution is 0.798. The van der Waals surface area contributed by atoms with Crippen LogP contribution >= 0.6 is 0 Å². The van der Waals surface area contributed by atoms with Gasteiger partial charge in [0.05, 0.1) is 5.52 Å². The summed E-state index contributed by atoms with van der Waals surface area (Å²) in [6.07, 6.45) is 3.59. The summed E-state index contributed by atoms with van der Waals surface area (Å²) in [5.74, 6) is 0.409. The Bertz CT molecular complexity index is 714. The molecule has 0 N–H and O–H groups in total. The minimum atomic E-state index is 0.409. The molecule has 0 aromatic carbocycles. The highest BCUT2D eigenvalue weighted by Gasteiger charge is 2.13. The molecule has 3 heterocycles. The fourth-order valence-corrected chi connectivity index (χ4v) is 2.17. The summed E-state index contributed by atoms with van der Waals surface area (Å²) < 4.78 is 1.87. The Kier molecular flexibility index (Phi) is 2.78. The Labute approximate surface area is 112 Å². The van der Waals surface area contributed by atoms with Gasteiger partial charge >= 0.3 is 0 Å². The number of fused-ring (bicyclic) bond motifs is 1. The molecule has 0 radical (unpaired) electrons. The number of aromatic nitrogens is 4. The highest BCUT2D eigenvalue weighted by atomic mass is 15.3. The third kappa shape index (κ3) is 1.99. The highest BCUT2D eigenvalue weighted by Crippen LogP contribution is 2.27. The maximum absolute atomic E-state index is 4.76. The van der Waals surface area contributed by atoms with E-state index in [1.54, 1.807) is 6.20 Å². The van der Waals surface area contributed by atoms with Crippen molar-refractivity contribution >= 4 is 11.0 Å². The van der Waals surface area contributed by atoms with Gasteiger partial charge in [-0.1, -0.05) is 13.8 Å². The Morgan fingerprint density at radius 2 is 2.00 bits per heavy atom. The van der Waals surface area contributed by atoms with E-state index < -0.39 is 0 Å². The average molecular weight is 252 g/mol. The molecule has 4 heteroatoms. The lowest BCUT2D eigenvalue weighted by Gasteiger charge is -2.04. The van der Waals surface area contributed by atoms with Gasteiger partial charge in [0.1, 0.15) is 11.2 Å². The maximum atomic E-state index is 4.76. The molecule has 4 nitrogen and oxygen atoms in total. The Morgan fingerprint density at radius 3 is 2.68 bits per heavy atom. The molecule has 3 aromatic rings. The van der Waals surface area contributed by atoms with Gasteiger partial charge < -0.3 is 0 Å². The SMILES string of the molecule is CC(C)c1ccc2c(n1)c(-c1cccnc1)nn2C. The Morgan fingerprint density at radius 1 is 1.16 bits per heavy atom. The van der Waals surface area contributed by atoms with Crippen molar-refractivity contribution in [2.75, 3.05) is 0 Å². The van der Waals surface area contributed by atoms with E-state index in [1.165, 1.54) is 0 Å². The van der Waals surface area contributed by atoms with Crippen LogP contribution in [0.1, 0.15) is 25.5 Å². The predicted octanol–water partition coefficient (Wildman–Crippen LogP) is 3.15. The maximum Gasteiger partial charge on any atom is 0.120 e. The van der Waals surface area contributed by atoms with E-state index in [9.17, 15) is 0 Å². The van der Waals surface area contributed by atoms with Crippen molar-refractivity contribution in [1.82, 2.24) is 19.7 Å². The molecular formula is C15H16N4. The molecular weight excluding hydrogens is 236 g/mol. The van der Waals surface area contributed by atoms with Crippen LogP contribution in [0.4, 0.5) is 0 Å². The topological polar surface area (TPSA) is 43.6 Å². The number of nitrogens with zero attached hydrogens (tertiary/aromatic N) is 4. The van der Waals surface area contributed by atoms with Crippen LogP contribution in [-0.2, 0) is 7.05 Å². The lowest BCUT2D eigenvalue weighted by atomic mass is 10.1.